The minimum Gasteiger partial charge on any atom is -0.320 e. The molecule has 0 spiro atoms. The number of nitrogens with one attached hydrogen (secondary N) is 2. The van der Waals surface area contributed by atoms with Gasteiger partial charge in [-0.1, -0.05) is 65.7 Å². The molecule has 29 heavy (non-hydrogen) atoms. The molecule has 3 aromatic carbocycles. The number of halogens is 3. The van der Waals surface area contributed by atoms with Crippen LogP contribution in [0.1, 0.15) is 5.56 Å². The molecule has 4 nitrogen and oxygen atoms in total. The van der Waals surface area contributed by atoms with Crippen molar-refractivity contribution < 1.29 is 14.0 Å². The predicted molar refractivity (Wildman–Crippen MR) is 115 cm³/mol. The Morgan fingerprint density at radius 3 is 1.66 bits per heavy atom. The summed E-state index contributed by atoms with van der Waals surface area (Å²) in [5.74, 6) is -2.06. The van der Waals surface area contributed by atoms with Crippen LogP contribution in [0.4, 0.5) is 15.8 Å². The van der Waals surface area contributed by atoms with Crippen LogP contribution in [0.25, 0.3) is 6.08 Å². The molecule has 0 fully saturated rings. The normalized spacial score (nSPS) is 10.2. The Bertz CT molecular complexity index is 1040. The average Bonchev–Trinajstić information content (AvgIpc) is 2.70. The smallest absolute Gasteiger partial charge is 0.261 e. The van der Waals surface area contributed by atoms with Gasteiger partial charge >= 0.3 is 0 Å². The summed E-state index contributed by atoms with van der Waals surface area (Å²) < 4.78 is 14.1. The molecule has 2 amide bonds. The predicted octanol–water partition coefficient (Wildman–Crippen LogP) is 5.79. The van der Waals surface area contributed by atoms with E-state index in [1.165, 1.54) is 24.3 Å². The lowest BCUT2D eigenvalue weighted by Crippen LogP contribution is -2.25. The molecule has 0 saturated carbocycles. The highest BCUT2D eigenvalue weighted by atomic mass is 35.5. The fourth-order valence-electron chi connectivity index (χ4n) is 2.49. The second-order valence-electron chi connectivity index (χ2n) is 5.95. The first kappa shape index (κ1) is 20.6. The zero-order valence-electron chi connectivity index (χ0n) is 15.0. The van der Waals surface area contributed by atoms with Crippen LogP contribution in [-0.2, 0) is 9.59 Å². The summed E-state index contributed by atoms with van der Waals surface area (Å²) in [5, 5.41) is 5.76. The molecule has 0 heterocycles. The van der Waals surface area contributed by atoms with Crippen LogP contribution in [0.5, 0.6) is 0 Å². The number of amides is 2. The van der Waals surface area contributed by atoms with Crippen molar-refractivity contribution >= 4 is 52.5 Å². The first-order chi connectivity index (χ1) is 14.0. The Labute approximate surface area is 177 Å². The second-order valence-corrected chi connectivity index (χ2v) is 6.76. The second kappa shape index (κ2) is 9.37. The van der Waals surface area contributed by atoms with Crippen molar-refractivity contribution in [1.29, 1.82) is 0 Å². The number of para-hydroxylation sites is 2. The van der Waals surface area contributed by atoms with E-state index in [1.807, 2.05) is 0 Å². The van der Waals surface area contributed by atoms with Crippen LogP contribution in [0.3, 0.4) is 0 Å². The molecule has 7 heteroatoms. The van der Waals surface area contributed by atoms with E-state index in [0.717, 1.165) is 0 Å². The van der Waals surface area contributed by atoms with Crippen molar-refractivity contribution in [1.82, 2.24) is 0 Å². The number of hydrogen-bond acceptors (Lipinski definition) is 2. The van der Waals surface area contributed by atoms with E-state index in [4.69, 9.17) is 23.2 Å². The van der Waals surface area contributed by atoms with Gasteiger partial charge in [0.1, 0.15) is 11.4 Å². The van der Waals surface area contributed by atoms with Crippen LogP contribution in [0, 0.1) is 5.82 Å². The van der Waals surface area contributed by atoms with Crippen LogP contribution in [0.15, 0.2) is 78.4 Å². The SMILES string of the molecule is O=C(Nc1ccccc1Cl)C(=Cc1ccccc1F)C(=O)Nc1ccccc1Cl. The van der Waals surface area contributed by atoms with Crippen molar-refractivity contribution in [3.63, 3.8) is 0 Å². The number of anilines is 2. The van der Waals surface area contributed by atoms with Crippen LogP contribution < -0.4 is 10.6 Å². The van der Waals surface area contributed by atoms with Crippen LogP contribution >= 0.6 is 23.2 Å². The third-order valence-corrected chi connectivity index (χ3v) is 4.60. The van der Waals surface area contributed by atoms with Crippen LogP contribution in [-0.4, -0.2) is 11.8 Å². The Balaban J connectivity index is 1.96. The lowest BCUT2D eigenvalue weighted by molar-refractivity contribution is -0.118. The molecule has 0 bridgehead atoms. The van der Waals surface area contributed by atoms with Gasteiger partial charge in [-0.25, -0.2) is 4.39 Å². The highest BCUT2D eigenvalue weighted by Crippen LogP contribution is 2.24. The molecular formula is C22H15Cl2FN2O2. The van der Waals surface area contributed by atoms with Gasteiger partial charge in [-0.2, -0.15) is 0 Å². The third kappa shape index (κ3) is 5.22. The molecule has 0 radical (unpaired) electrons. The van der Waals surface area contributed by atoms with E-state index in [9.17, 15) is 14.0 Å². The average molecular weight is 429 g/mol. The number of carbonyl (C=O) groups excluding carboxylic acids is 2. The largest absolute Gasteiger partial charge is 0.320 e. The molecule has 0 aliphatic rings. The minimum atomic E-state index is -0.745. The summed E-state index contributed by atoms with van der Waals surface area (Å²) in [6.45, 7) is 0. The Morgan fingerprint density at radius 1 is 0.724 bits per heavy atom. The highest BCUT2D eigenvalue weighted by molar-refractivity contribution is 6.36. The Morgan fingerprint density at radius 2 is 1.17 bits per heavy atom. The summed E-state index contributed by atoms with van der Waals surface area (Å²) >= 11 is 12.2. The van der Waals surface area contributed by atoms with Crippen LogP contribution in [0.2, 0.25) is 10.0 Å². The summed E-state index contributed by atoms with van der Waals surface area (Å²) in [6, 6.07) is 19.0. The van der Waals surface area contributed by atoms with Gasteiger partial charge in [-0.15, -0.1) is 0 Å². The van der Waals surface area contributed by atoms with Gasteiger partial charge in [-0.3, -0.25) is 9.59 Å². The van der Waals surface area contributed by atoms with Gasteiger partial charge in [0.15, 0.2) is 0 Å². The maximum atomic E-state index is 14.1. The van der Waals surface area contributed by atoms with E-state index in [0.29, 0.717) is 21.4 Å². The maximum Gasteiger partial charge on any atom is 0.261 e. The molecule has 3 rings (SSSR count). The quantitative estimate of drug-likeness (QED) is 0.306. The summed E-state index contributed by atoms with van der Waals surface area (Å²) in [7, 11) is 0. The standard InChI is InChI=1S/C22H15Cl2FN2O2/c23-16-8-2-5-11-19(16)26-21(28)15(13-14-7-1-4-10-18(14)25)22(29)27-20-12-6-3-9-17(20)24/h1-13H,(H,26,28)(H,27,29). The zero-order chi connectivity index (χ0) is 20.8. The van der Waals surface area contributed by atoms with E-state index in [2.05, 4.69) is 10.6 Å². The van der Waals surface area contributed by atoms with E-state index >= 15 is 0 Å². The molecule has 146 valence electrons. The van der Waals surface area contributed by atoms with Crippen molar-refractivity contribution in [2.75, 3.05) is 10.6 Å². The first-order valence-electron chi connectivity index (χ1n) is 8.53. The highest BCUT2D eigenvalue weighted by Gasteiger charge is 2.21. The number of benzene rings is 3. The molecule has 0 aliphatic heterocycles. The maximum absolute atomic E-state index is 14.1. The molecule has 0 aliphatic carbocycles. The molecule has 0 unspecified atom stereocenters. The minimum absolute atomic E-state index is 0.0890. The molecule has 0 saturated heterocycles. The summed E-state index contributed by atoms with van der Waals surface area (Å²) in [6.07, 6.45) is 1.17. The van der Waals surface area contributed by atoms with Gasteiger partial charge in [0.2, 0.25) is 0 Å². The summed E-state index contributed by atoms with van der Waals surface area (Å²) in [4.78, 5) is 25.7. The number of carbonyl (C=O) groups is 2. The summed E-state index contributed by atoms with van der Waals surface area (Å²) in [5.41, 5.74) is 0.425. The number of rotatable bonds is 5. The topological polar surface area (TPSA) is 58.2 Å². The van der Waals surface area contributed by atoms with E-state index in [-0.39, 0.29) is 11.1 Å². The van der Waals surface area contributed by atoms with Crippen molar-refractivity contribution in [2.45, 2.75) is 0 Å². The van der Waals surface area contributed by atoms with Gasteiger partial charge in [0.05, 0.1) is 21.4 Å². The molecule has 2 N–H and O–H groups in total. The van der Waals surface area contributed by atoms with Gasteiger partial charge in [-0.05, 0) is 36.4 Å². The molecule has 0 atom stereocenters. The third-order valence-electron chi connectivity index (χ3n) is 3.94. The fraction of sp³-hybridized carbons (Fsp3) is 0. The Kier molecular flexibility index (Phi) is 6.65. The lowest BCUT2D eigenvalue weighted by atomic mass is 10.1. The molecule has 3 aromatic rings. The van der Waals surface area contributed by atoms with E-state index in [1.54, 1.807) is 54.6 Å². The van der Waals surface area contributed by atoms with Crippen molar-refractivity contribution in [3.8, 4) is 0 Å². The van der Waals surface area contributed by atoms with Gasteiger partial charge < -0.3 is 10.6 Å². The zero-order valence-corrected chi connectivity index (χ0v) is 16.5. The van der Waals surface area contributed by atoms with Gasteiger partial charge in [0.25, 0.3) is 11.8 Å². The first-order valence-corrected chi connectivity index (χ1v) is 9.29. The molecular weight excluding hydrogens is 414 g/mol. The van der Waals surface area contributed by atoms with Crippen molar-refractivity contribution in [3.05, 3.63) is 99.8 Å². The van der Waals surface area contributed by atoms with Gasteiger partial charge in [0, 0.05) is 5.56 Å². The monoisotopic (exact) mass is 428 g/mol. The van der Waals surface area contributed by atoms with E-state index < -0.39 is 17.6 Å². The Hall–Kier alpha value is -3.15. The van der Waals surface area contributed by atoms with Crippen molar-refractivity contribution in [2.24, 2.45) is 0 Å². The number of hydrogen-bond donors (Lipinski definition) is 2. The fourth-order valence-corrected chi connectivity index (χ4v) is 2.85. The molecule has 0 aromatic heterocycles. The lowest BCUT2D eigenvalue weighted by Gasteiger charge is -2.12.